The molecular weight excluding hydrogens is 252 g/mol. The quantitative estimate of drug-likeness (QED) is 0.825. The van der Waals surface area contributed by atoms with Gasteiger partial charge in [0, 0.05) is 39.1 Å². The topological polar surface area (TPSA) is 32.8 Å². The Morgan fingerprint density at radius 3 is 2.65 bits per heavy atom. The number of methoxy groups -OCH3 is 1. The summed E-state index contributed by atoms with van der Waals surface area (Å²) in [6.07, 6.45) is 2.33. The minimum Gasteiger partial charge on any atom is -0.497 e. The molecule has 1 aliphatic carbocycles. The average Bonchev–Trinajstić information content (AvgIpc) is 2.90. The van der Waals surface area contributed by atoms with Crippen molar-refractivity contribution in [1.82, 2.24) is 9.80 Å². The number of fused-ring (bicyclic) bond motifs is 1. The van der Waals surface area contributed by atoms with Crippen molar-refractivity contribution in [2.75, 3.05) is 33.3 Å². The number of piperazine rings is 1. The van der Waals surface area contributed by atoms with Crippen molar-refractivity contribution in [1.29, 1.82) is 0 Å². The SMILES string of the molecule is COc1ccc2c(c1)[C@H](N1CCN(C(C)=O)CC1)CC2. The van der Waals surface area contributed by atoms with Gasteiger partial charge in [-0.2, -0.15) is 0 Å². The Kier molecular flexibility index (Phi) is 3.66. The maximum atomic E-state index is 11.4. The maximum absolute atomic E-state index is 11.4. The fourth-order valence-corrected chi connectivity index (χ4v) is 3.41. The lowest BCUT2D eigenvalue weighted by molar-refractivity contribution is -0.130. The molecule has 0 spiro atoms. The normalized spacial score (nSPS) is 22.7. The molecule has 2 aliphatic rings. The van der Waals surface area contributed by atoms with Gasteiger partial charge in [-0.1, -0.05) is 6.07 Å². The molecule has 1 aromatic carbocycles. The number of carbonyl (C=O) groups excluding carboxylic acids is 1. The molecule has 20 heavy (non-hydrogen) atoms. The molecule has 0 radical (unpaired) electrons. The Bertz CT molecular complexity index is 507. The molecule has 108 valence electrons. The number of ether oxygens (including phenoxy) is 1. The average molecular weight is 274 g/mol. The molecule has 0 unspecified atom stereocenters. The van der Waals surface area contributed by atoms with Gasteiger partial charge in [0.2, 0.25) is 5.91 Å². The summed E-state index contributed by atoms with van der Waals surface area (Å²) in [6.45, 7) is 5.31. The van der Waals surface area contributed by atoms with E-state index >= 15 is 0 Å². The lowest BCUT2D eigenvalue weighted by Gasteiger charge is -2.38. The van der Waals surface area contributed by atoms with Crippen molar-refractivity contribution < 1.29 is 9.53 Å². The lowest BCUT2D eigenvalue weighted by Crippen LogP contribution is -2.48. The zero-order valence-electron chi connectivity index (χ0n) is 12.3. The van der Waals surface area contributed by atoms with Crippen LogP contribution in [0.1, 0.15) is 30.5 Å². The third-order valence-electron chi connectivity index (χ3n) is 4.60. The summed E-state index contributed by atoms with van der Waals surface area (Å²) < 4.78 is 5.35. The molecule has 1 atom stereocenters. The highest BCUT2D eigenvalue weighted by molar-refractivity contribution is 5.73. The van der Waals surface area contributed by atoms with Gasteiger partial charge in [0.15, 0.2) is 0 Å². The highest BCUT2D eigenvalue weighted by atomic mass is 16.5. The third kappa shape index (κ3) is 2.40. The van der Waals surface area contributed by atoms with E-state index in [0.29, 0.717) is 6.04 Å². The second kappa shape index (κ2) is 5.44. The number of hydrogen-bond acceptors (Lipinski definition) is 3. The van der Waals surface area contributed by atoms with Gasteiger partial charge in [0.25, 0.3) is 0 Å². The Morgan fingerprint density at radius 2 is 2.00 bits per heavy atom. The van der Waals surface area contributed by atoms with Crippen molar-refractivity contribution in [2.24, 2.45) is 0 Å². The van der Waals surface area contributed by atoms with Gasteiger partial charge in [-0.3, -0.25) is 9.69 Å². The number of aryl methyl sites for hydroxylation is 1. The Hall–Kier alpha value is -1.55. The first kappa shape index (κ1) is 13.4. The van der Waals surface area contributed by atoms with E-state index in [1.165, 1.54) is 17.5 Å². The number of rotatable bonds is 2. The van der Waals surface area contributed by atoms with Gasteiger partial charge in [-0.05, 0) is 36.1 Å². The van der Waals surface area contributed by atoms with E-state index < -0.39 is 0 Å². The molecule has 0 aromatic heterocycles. The first-order valence-corrected chi connectivity index (χ1v) is 7.35. The molecule has 0 saturated carbocycles. The van der Waals surface area contributed by atoms with Crippen LogP contribution in [0.25, 0.3) is 0 Å². The van der Waals surface area contributed by atoms with E-state index in [2.05, 4.69) is 23.1 Å². The van der Waals surface area contributed by atoms with E-state index in [0.717, 1.165) is 38.3 Å². The predicted molar refractivity (Wildman–Crippen MR) is 77.9 cm³/mol. The van der Waals surface area contributed by atoms with E-state index in [1.54, 1.807) is 14.0 Å². The Labute approximate surface area is 120 Å². The first-order valence-electron chi connectivity index (χ1n) is 7.35. The zero-order chi connectivity index (χ0) is 14.1. The highest BCUT2D eigenvalue weighted by Gasteiger charge is 2.30. The van der Waals surface area contributed by atoms with E-state index in [1.807, 2.05) is 4.90 Å². The predicted octanol–water partition coefficient (Wildman–Crippen LogP) is 1.85. The summed E-state index contributed by atoms with van der Waals surface area (Å²) >= 11 is 0. The lowest BCUT2D eigenvalue weighted by atomic mass is 10.1. The summed E-state index contributed by atoms with van der Waals surface area (Å²) in [5, 5.41) is 0. The van der Waals surface area contributed by atoms with Crippen LogP contribution >= 0.6 is 0 Å². The van der Waals surface area contributed by atoms with Crippen molar-refractivity contribution in [3.05, 3.63) is 29.3 Å². The van der Waals surface area contributed by atoms with Gasteiger partial charge in [-0.25, -0.2) is 0 Å². The third-order valence-corrected chi connectivity index (χ3v) is 4.60. The van der Waals surface area contributed by atoms with Crippen molar-refractivity contribution in [2.45, 2.75) is 25.8 Å². The van der Waals surface area contributed by atoms with Crippen molar-refractivity contribution in [3.8, 4) is 5.75 Å². The van der Waals surface area contributed by atoms with Crippen LogP contribution in [0.15, 0.2) is 18.2 Å². The molecule has 1 saturated heterocycles. The molecule has 1 fully saturated rings. The molecule has 1 amide bonds. The van der Waals surface area contributed by atoms with Gasteiger partial charge in [0.1, 0.15) is 5.75 Å². The number of carbonyl (C=O) groups is 1. The van der Waals surface area contributed by atoms with Crippen LogP contribution in [-0.4, -0.2) is 49.0 Å². The monoisotopic (exact) mass is 274 g/mol. The summed E-state index contributed by atoms with van der Waals surface area (Å²) in [6, 6.07) is 6.92. The van der Waals surface area contributed by atoms with Gasteiger partial charge < -0.3 is 9.64 Å². The van der Waals surface area contributed by atoms with Gasteiger partial charge in [0.05, 0.1) is 7.11 Å². The zero-order valence-corrected chi connectivity index (χ0v) is 12.3. The molecule has 1 heterocycles. The van der Waals surface area contributed by atoms with Gasteiger partial charge in [-0.15, -0.1) is 0 Å². The molecule has 3 rings (SSSR count). The summed E-state index contributed by atoms with van der Waals surface area (Å²) in [5.41, 5.74) is 2.87. The number of nitrogens with zero attached hydrogens (tertiary/aromatic N) is 2. The number of benzene rings is 1. The van der Waals surface area contributed by atoms with E-state index in [4.69, 9.17) is 4.74 Å². The standard InChI is InChI=1S/C16H22N2O2/c1-12(19)17-7-9-18(10-8-17)16-6-4-13-3-5-14(20-2)11-15(13)16/h3,5,11,16H,4,6-10H2,1-2H3/t16-/m1/s1. The van der Waals surface area contributed by atoms with E-state index in [-0.39, 0.29) is 5.91 Å². The van der Waals surface area contributed by atoms with Crippen LogP contribution in [0.5, 0.6) is 5.75 Å². The number of hydrogen-bond donors (Lipinski definition) is 0. The summed E-state index contributed by atoms with van der Waals surface area (Å²) in [7, 11) is 1.72. The van der Waals surface area contributed by atoms with Crippen LogP contribution in [0.2, 0.25) is 0 Å². The van der Waals surface area contributed by atoms with Crippen LogP contribution in [0, 0.1) is 0 Å². The summed E-state index contributed by atoms with van der Waals surface area (Å²) in [4.78, 5) is 15.9. The highest BCUT2D eigenvalue weighted by Crippen LogP contribution is 2.38. The molecule has 4 heteroatoms. The van der Waals surface area contributed by atoms with Crippen LogP contribution in [0.4, 0.5) is 0 Å². The molecule has 0 N–H and O–H groups in total. The van der Waals surface area contributed by atoms with E-state index in [9.17, 15) is 4.79 Å². The van der Waals surface area contributed by atoms with Crippen LogP contribution in [-0.2, 0) is 11.2 Å². The second-order valence-electron chi connectivity index (χ2n) is 5.66. The number of amides is 1. The largest absolute Gasteiger partial charge is 0.497 e. The molecule has 0 bridgehead atoms. The fourth-order valence-electron chi connectivity index (χ4n) is 3.41. The van der Waals surface area contributed by atoms with Crippen LogP contribution in [0.3, 0.4) is 0 Å². The maximum Gasteiger partial charge on any atom is 0.219 e. The first-order chi connectivity index (χ1) is 9.69. The Balaban J connectivity index is 1.73. The Morgan fingerprint density at radius 1 is 1.25 bits per heavy atom. The molecule has 1 aromatic rings. The molecule has 1 aliphatic heterocycles. The molecular formula is C16H22N2O2. The fraction of sp³-hybridized carbons (Fsp3) is 0.562. The van der Waals surface area contributed by atoms with Crippen LogP contribution < -0.4 is 4.74 Å². The minimum atomic E-state index is 0.193. The van der Waals surface area contributed by atoms with Crippen molar-refractivity contribution in [3.63, 3.8) is 0 Å². The molecule has 4 nitrogen and oxygen atoms in total. The second-order valence-corrected chi connectivity index (χ2v) is 5.66. The minimum absolute atomic E-state index is 0.193. The smallest absolute Gasteiger partial charge is 0.219 e. The summed E-state index contributed by atoms with van der Waals surface area (Å²) in [5.74, 6) is 1.14. The van der Waals surface area contributed by atoms with Gasteiger partial charge >= 0.3 is 0 Å². The van der Waals surface area contributed by atoms with Crippen molar-refractivity contribution >= 4 is 5.91 Å².